The van der Waals surface area contributed by atoms with Crippen molar-refractivity contribution in [2.75, 3.05) is 0 Å². The van der Waals surface area contributed by atoms with Crippen LogP contribution in [0, 0.1) is 5.92 Å². The Morgan fingerprint density at radius 3 is 2.62 bits per heavy atom. The van der Waals surface area contributed by atoms with Gasteiger partial charge in [-0.1, -0.05) is 6.92 Å². The average Bonchev–Trinajstić information content (AvgIpc) is 1.97. The first kappa shape index (κ1) is 10.0. The fourth-order valence-electron chi connectivity index (χ4n) is 1.33. The third-order valence-corrected chi connectivity index (χ3v) is 2.47. The molecule has 1 saturated carbocycles. The van der Waals surface area contributed by atoms with Crippen molar-refractivity contribution in [3.63, 3.8) is 0 Å². The van der Waals surface area contributed by atoms with Crippen molar-refractivity contribution in [3.8, 4) is 0 Å². The van der Waals surface area contributed by atoms with E-state index in [1.54, 1.807) is 0 Å². The molecule has 0 heterocycles. The SMILES string of the molecule is CCC(C(=O)O)C(N)=NC1CCC1. The molecule has 1 fully saturated rings. The summed E-state index contributed by atoms with van der Waals surface area (Å²) in [6.45, 7) is 1.81. The summed E-state index contributed by atoms with van der Waals surface area (Å²) in [4.78, 5) is 14.9. The van der Waals surface area contributed by atoms with Crippen molar-refractivity contribution in [1.82, 2.24) is 0 Å². The van der Waals surface area contributed by atoms with E-state index in [2.05, 4.69) is 4.99 Å². The summed E-state index contributed by atoms with van der Waals surface area (Å²) in [6.07, 6.45) is 3.80. The predicted molar refractivity (Wildman–Crippen MR) is 50.7 cm³/mol. The van der Waals surface area contributed by atoms with Gasteiger partial charge in [0.15, 0.2) is 0 Å². The number of aliphatic imine (C=N–C) groups is 1. The van der Waals surface area contributed by atoms with Crippen LogP contribution in [0.5, 0.6) is 0 Å². The molecule has 3 N–H and O–H groups in total. The van der Waals surface area contributed by atoms with Crippen molar-refractivity contribution in [2.45, 2.75) is 38.6 Å². The highest BCUT2D eigenvalue weighted by atomic mass is 16.4. The van der Waals surface area contributed by atoms with E-state index < -0.39 is 11.9 Å². The molecule has 0 saturated heterocycles. The predicted octanol–water partition coefficient (Wildman–Crippen LogP) is 1.01. The summed E-state index contributed by atoms with van der Waals surface area (Å²) in [5.41, 5.74) is 5.61. The Labute approximate surface area is 77.8 Å². The van der Waals surface area contributed by atoms with Crippen LogP contribution in [0.2, 0.25) is 0 Å². The van der Waals surface area contributed by atoms with Crippen molar-refractivity contribution < 1.29 is 9.90 Å². The van der Waals surface area contributed by atoms with E-state index >= 15 is 0 Å². The summed E-state index contributed by atoms with van der Waals surface area (Å²) < 4.78 is 0. The van der Waals surface area contributed by atoms with Crippen molar-refractivity contribution in [2.24, 2.45) is 16.6 Å². The molecule has 1 rings (SSSR count). The molecule has 0 bridgehead atoms. The second-order valence-corrected chi connectivity index (χ2v) is 3.44. The van der Waals surface area contributed by atoms with Crippen LogP contribution in [0.3, 0.4) is 0 Å². The largest absolute Gasteiger partial charge is 0.481 e. The highest BCUT2D eigenvalue weighted by Crippen LogP contribution is 2.22. The molecular weight excluding hydrogens is 168 g/mol. The fourth-order valence-corrected chi connectivity index (χ4v) is 1.33. The molecule has 0 aliphatic heterocycles. The molecule has 74 valence electrons. The smallest absolute Gasteiger partial charge is 0.314 e. The van der Waals surface area contributed by atoms with E-state index in [1.807, 2.05) is 6.92 Å². The first-order valence-electron chi connectivity index (χ1n) is 4.71. The van der Waals surface area contributed by atoms with Gasteiger partial charge in [0.1, 0.15) is 11.8 Å². The minimum Gasteiger partial charge on any atom is -0.481 e. The van der Waals surface area contributed by atoms with E-state index in [0.29, 0.717) is 12.3 Å². The summed E-state index contributed by atoms with van der Waals surface area (Å²) in [5, 5.41) is 8.79. The highest BCUT2D eigenvalue weighted by Gasteiger charge is 2.22. The Balaban J connectivity index is 2.56. The molecule has 0 radical (unpaired) electrons. The zero-order chi connectivity index (χ0) is 9.84. The lowest BCUT2D eigenvalue weighted by Crippen LogP contribution is -2.32. The van der Waals surface area contributed by atoms with Crippen LogP contribution in [-0.2, 0) is 4.79 Å². The Morgan fingerprint density at radius 1 is 1.69 bits per heavy atom. The quantitative estimate of drug-likeness (QED) is 0.505. The van der Waals surface area contributed by atoms with Gasteiger partial charge in [-0.3, -0.25) is 9.79 Å². The van der Waals surface area contributed by atoms with E-state index in [0.717, 1.165) is 12.8 Å². The monoisotopic (exact) mass is 184 g/mol. The van der Waals surface area contributed by atoms with Gasteiger partial charge in [-0.25, -0.2) is 0 Å². The highest BCUT2D eigenvalue weighted by molar-refractivity contribution is 5.99. The molecule has 1 aliphatic carbocycles. The molecule has 13 heavy (non-hydrogen) atoms. The van der Waals surface area contributed by atoms with Crippen LogP contribution in [0.1, 0.15) is 32.6 Å². The fraction of sp³-hybridized carbons (Fsp3) is 0.778. The van der Waals surface area contributed by atoms with Gasteiger partial charge in [0, 0.05) is 0 Å². The van der Waals surface area contributed by atoms with Gasteiger partial charge < -0.3 is 10.8 Å². The van der Waals surface area contributed by atoms with Gasteiger partial charge in [-0.2, -0.15) is 0 Å². The number of rotatable bonds is 4. The molecule has 1 unspecified atom stereocenters. The van der Waals surface area contributed by atoms with Crippen LogP contribution < -0.4 is 5.73 Å². The summed E-state index contributed by atoms with van der Waals surface area (Å²) in [6, 6.07) is 0.286. The normalized spacial score (nSPS) is 20.8. The van der Waals surface area contributed by atoms with Crippen LogP contribution >= 0.6 is 0 Å². The molecule has 4 nitrogen and oxygen atoms in total. The Morgan fingerprint density at radius 2 is 2.31 bits per heavy atom. The van der Waals surface area contributed by atoms with E-state index in [4.69, 9.17) is 10.8 Å². The molecule has 1 aliphatic rings. The number of amidine groups is 1. The summed E-state index contributed by atoms with van der Waals surface area (Å²) >= 11 is 0. The molecule has 0 spiro atoms. The lowest BCUT2D eigenvalue weighted by atomic mass is 9.93. The van der Waals surface area contributed by atoms with Gasteiger partial charge in [0.2, 0.25) is 0 Å². The lowest BCUT2D eigenvalue weighted by molar-refractivity contribution is -0.139. The van der Waals surface area contributed by atoms with Crippen LogP contribution in [-0.4, -0.2) is 23.0 Å². The van der Waals surface area contributed by atoms with Gasteiger partial charge in [0.25, 0.3) is 0 Å². The van der Waals surface area contributed by atoms with Crippen molar-refractivity contribution in [1.29, 1.82) is 0 Å². The third kappa shape index (κ3) is 2.44. The second-order valence-electron chi connectivity index (χ2n) is 3.44. The topological polar surface area (TPSA) is 75.7 Å². The number of hydrogen-bond acceptors (Lipinski definition) is 2. The van der Waals surface area contributed by atoms with E-state index in [9.17, 15) is 4.79 Å². The minimum atomic E-state index is -0.872. The third-order valence-electron chi connectivity index (χ3n) is 2.47. The number of carboxylic acid groups (broad SMARTS) is 1. The molecule has 0 aromatic rings. The molecule has 0 aromatic carbocycles. The minimum absolute atomic E-state index is 0.286. The van der Waals surface area contributed by atoms with Crippen molar-refractivity contribution in [3.05, 3.63) is 0 Å². The van der Waals surface area contributed by atoms with Gasteiger partial charge in [0.05, 0.1) is 6.04 Å². The van der Waals surface area contributed by atoms with Gasteiger partial charge in [-0.15, -0.1) is 0 Å². The number of nitrogens with two attached hydrogens (primary N) is 1. The molecular formula is C9H16N2O2. The standard InChI is InChI=1S/C9H16N2O2/c1-2-7(9(12)13)8(10)11-6-4-3-5-6/h6-7H,2-5H2,1H3,(H2,10,11)(H,12,13). The van der Waals surface area contributed by atoms with Crippen LogP contribution in [0.25, 0.3) is 0 Å². The molecule has 0 amide bonds. The summed E-state index contributed by atoms with van der Waals surface area (Å²) in [5.74, 6) is -1.18. The van der Waals surface area contributed by atoms with Crippen LogP contribution in [0.4, 0.5) is 0 Å². The number of aliphatic carboxylic acids is 1. The number of hydrogen-bond donors (Lipinski definition) is 2. The number of carbonyl (C=O) groups is 1. The number of carboxylic acids is 1. The van der Waals surface area contributed by atoms with E-state index in [1.165, 1.54) is 6.42 Å². The van der Waals surface area contributed by atoms with Gasteiger partial charge >= 0.3 is 5.97 Å². The zero-order valence-electron chi connectivity index (χ0n) is 7.86. The Kier molecular flexibility index (Phi) is 3.28. The molecule has 4 heteroatoms. The Hall–Kier alpha value is -1.06. The zero-order valence-corrected chi connectivity index (χ0v) is 7.86. The van der Waals surface area contributed by atoms with Crippen LogP contribution in [0.15, 0.2) is 4.99 Å². The van der Waals surface area contributed by atoms with Gasteiger partial charge in [-0.05, 0) is 25.7 Å². The summed E-state index contributed by atoms with van der Waals surface area (Å²) in [7, 11) is 0. The lowest BCUT2D eigenvalue weighted by Gasteiger charge is -2.22. The maximum absolute atomic E-state index is 10.7. The maximum atomic E-state index is 10.7. The molecule has 0 aromatic heterocycles. The first-order chi connectivity index (χ1) is 6.15. The van der Waals surface area contributed by atoms with Crippen molar-refractivity contribution >= 4 is 11.8 Å². The second kappa shape index (κ2) is 4.25. The molecule has 1 atom stereocenters. The maximum Gasteiger partial charge on any atom is 0.314 e. The van der Waals surface area contributed by atoms with E-state index in [-0.39, 0.29) is 6.04 Å². The average molecular weight is 184 g/mol. The Bertz CT molecular complexity index is 222. The number of nitrogens with zero attached hydrogens (tertiary/aromatic N) is 1. The first-order valence-corrected chi connectivity index (χ1v) is 4.71.